The van der Waals surface area contributed by atoms with E-state index in [-0.39, 0.29) is 11.6 Å². The van der Waals surface area contributed by atoms with Crippen LogP contribution in [-0.2, 0) is 4.79 Å². The molecule has 0 atom stereocenters. The number of nitrogens with one attached hydrogen (secondary N) is 1. The Morgan fingerprint density at radius 2 is 1.69 bits per heavy atom. The van der Waals surface area contributed by atoms with Crippen molar-refractivity contribution in [2.75, 3.05) is 0 Å². The van der Waals surface area contributed by atoms with Crippen molar-refractivity contribution in [3.05, 3.63) is 39.9 Å². The Morgan fingerprint density at radius 1 is 1.08 bits per heavy atom. The highest BCUT2D eigenvalue weighted by molar-refractivity contribution is 5.99. The van der Waals surface area contributed by atoms with E-state index in [2.05, 4.69) is 17.5 Å². The van der Waals surface area contributed by atoms with Crippen molar-refractivity contribution in [3.63, 3.8) is 0 Å². The average Bonchev–Trinajstić information content (AvgIpc) is 2.64. The SMILES string of the molecule is CCCCCCCCCCCC(=O)N/N=C(\C)c1cccc([N+](=O)[O-])c1. The van der Waals surface area contributed by atoms with E-state index in [1.807, 2.05) is 0 Å². The van der Waals surface area contributed by atoms with E-state index in [0.717, 1.165) is 12.8 Å². The molecule has 0 spiro atoms. The van der Waals surface area contributed by atoms with Crippen LogP contribution in [0.5, 0.6) is 0 Å². The zero-order chi connectivity index (χ0) is 19.2. The molecule has 26 heavy (non-hydrogen) atoms. The largest absolute Gasteiger partial charge is 0.273 e. The van der Waals surface area contributed by atoms with Crippen molar-refractivity contribution in [1.29, 1.82) is 0 Å². The molecular weight excluding hydrogens is 330 g/mol. The molecular formula is C20H31N3O3. The topological polar surface area (TPSA) is 84.6 Å². The molecule has 0 heterocycles. The molecule has 0 fully saturated rings. The highest BCUT2D eigenvalue weighted by Gasteiger charge is 2.08. The van der Waals surface area contributed by atoms with Crippen molar-refractivity contribution < 1.29 is 9.72 Å². The number of amides is 1. The highest BCUT2D eigenvalue weighted by atomic mass is 16.6. The second kappa shape index (κ2) is 13.0. The van der Waals surface area contributed by atoms with Gasteiger partial charge in [-0.3, -0.25) is 14.9 Å². The minimum atomic E-state index is -0.445. The van der Waals surface area contributed by atoms with E-state index in [1.165, 1.54) is 57.1 Å². The monoisotopic (exact) mass is 361 g/mol. The van der Waals surface area contributed by atoms with Crippen molar-refractivity contribution in [2.45, 2.75) is 78.1 Å². The third-order valence-corrected chi connectivity index (χ3v) is 4.33. The van der Waals surface area contributed by atoms with Crippen molar-refractivity contribution >= 4 is 17.3 Å². The number of nitrogens with zero attached hydrogens (tertiary/aromatic N) is 2. The molecule has 6 heteroatoms. The Hall–Kier alpha value is -2.24. The number of rotatable bonds is 13. The number of carbonyl (C=O) groups excluding carboxylic acids is 1. The zero-order valence-corrected chi connectivity index (χ0v) is 16.0. The molecule has 0 aromatic heterocycles. The second-order valence-corrected chi connectivity index (χ2v) is 6.62. The fraction of sp³-hybridized carbons (Fsp3) is 0.600. The van der Waals surface area contributed by atoms with Gasteiger partial charge in [0.15, 0.2) is 0 Å². The minimum absolute atomic E-state index is 0.0121. The van der Waals surface area contributed by atoms with Crippen LogP contribution in [0.2, 0.25) is 0 Å². The quantitative estimate of drug-likeness (QED) is 0.222. The first kappa shape index (κ1) is 21.8. The number of benzene rings is 1. The molecule has 1 rings (SSSR count). The van der Waals surface area contributed by atoms with E-state index in [0.29, 0.717) is 17.7 Å². The van der Waals surface area contributed by atoms with Gasteiger partial charge in [-0.1, -0.05) is 70.4 Å². The van der Waals surface area contributed by atoms with E-state index >= 15 is 0 Å². The number of hydrogen-bond acceptors (Lipinski definition) is 4. The standard InChI is InChI=1S/C20H31N3O3/c1-3-4-5-6-7-8-9-10-11-15-20(24)22-21-17(2)18-13-12-14-19(16-18)23(25)26/h12-14,16H,3-11,15H2,1-2H3,(H,22,24)/b21-17+. The van der Waals surface area contributed by atoms with Crippen molar-refractivity contribution in [3.8, 4) is 0 Å². The zero-order valence-electron chi connectivity index (χ0n) is 16.0. The first-order chi connectivity index (χ1) is 12.5. The van der Waals surface area contributed by atoms with Crippen LogP contribution in [0, 0.1) is 10.1 Å². The normalized spacial score (nSPS) is 11.4. The van der Waals surface area contributed by atoms with Gasteiger partial charge in [-0.25, -0.2) is 5.43 Å². The lowest BCUT2D eigenvalue weighted by Gasteiger charge is -2.04. The third kappa shape index (κ3) is 9.30. The summed E-state index contributed by atoms with van der Waals surface area (Å²) in [6, 6.07) is 6.22. The van der Waals surface area contributed by atoms with Crippen molar-refractivity contribution in [1.82, 2.24) is 5.43 Å². The lowest BCUT2D eigenvalue weighted by molar-refractivity contribution is -0.384. The van der Waals surface area contributed by atoms with Gasteiger partial charge >= 0.3 is 0 Å². The summed E-state index contributed by atoms with van der Waals surface area (Å²) >= 11 is 0. The number of unbranched alkanes of at least 4 members (excludes halogenated alkanes) is 8. The van der Waals surface area contributed by atoms with Crippen LogP contribution in [0.4, 0.5) is 5.69 Å². The maximum absolute atomic E-state index is 11.8. The van der Waals surface area contributed by atoms with Crippen LogP contribution in [0.1, 0.15) is 83.6 Å². The smallest absolute Gasteiger partial charge is 0.270 e. The van der Waals surface area contributed by atoms with E-state index < -0.39 is 4.92 Å². The first-order valence-electron chi connectivity index (χ1n) is 9.62. The molecule has 0 aliphatic carbocycles. The maximum Gasteiger partial charge on any atom is 0.270 e. The van der Waals surface area contributed by atoms with Crippen LogP contribution in [-0.4, -0.2) is 16.5 Å². The molecule has 1 aromatic carbocycles. The van der Waals surface area contributed by atoms with Gasteiger partial charge < -0.3 is 0 Å². The van der Waals surface area contributed by atoms with Gasteiger partial charge in [0, 0.05) is 24.1 Å². The molecule has 1 amide bonds. The lowest BCUT2D eigenvalue weighted by Crippen LogP contribution is -2.18. The molecule has 1 aromatic rings. The number of nitro groups is 1. The minimum Gasteiger partial charge on any atom is -0.273 e. The van der Waals surface area contributed by atoms with Gasteiger partial charge in [-0.15, -0.1) is 0 Å². The molecule has 0 bridgehead atoms. The lowest BCUT2D eigenvalue weighted by atomic mass is 10.1. The summed E-state index contributed by atoms with van der Waals surface area (Å²) in [7, 11) is 0. The Morgan fingerprint density at radius 3 is 2.31 bits per heavy atom. The van der Waals surface area contributed by atoms with Gasteiger partial charge in [0.1, 0.15) is 0 Å². The molecule has 0 saturated carbocycles. The fourth-order valence-corrected chi connectivity index (χ4v) is 2.71. The average molecular weight is 361 g/mol. The maximum atomic E-state index is 11.8. The van der Waals surface area contributed by atoms with Crippen LogP contribution < -0.4 is 5.43 Å². The molecule has 0 radical (unpaired) electrons. The molecule has 6 nitrogen and oxygen atoms in total. The van der Waals surface area contributed by atoms with Gasteiger partial charge in [-0.2, -0.15) is 5.10 Å². The number of hydrogen-bond donors (Lipinski definition) is 1. The Bertz CT molecular complexity index is 600. The van der Waals surface area contributed by atoms with Crippen LogP contribution in [0.25, 0.3) is 0 Å². The molecule has 0 saturated heterocycles. The number of nitro benzene ring substituents is 1. The predicted octanol–water partition coefficient (Wildman–Crippen LogP) is 5.36. The number of hydrazone groups is 1. The predicted molar refractivity (Wildman–Crippen MR) is 105 cm³/mol. The van der Waals surface area contributed by atoms with Crippen LogP contribution in [0.15, 0.2) is 29.4 Å². The molecule has 0 unspecified atom stereocenters. The first-order valence-corrected chi connectivity index (χ1v) is 9.62. The van der Waals surface area contributed by atoms with E-state index in [4.69, 9.17) is 0 Å². The van der Waals surface area contributed by atoms with Gasteiger partial charge in [0.2, 0.25) is 5.91 Å². The van der Waals surface area contributed by atoms with Gasteiger partial charge in [-0.05, 0) is 13.3 Å². The summed E-state index contributed by atoms with van der Waals surface area (Å²) in [5.74, 6) is -0.113. The second-order valence-electron chi connectivity index (χ2n) is 6.62. The highest BCUT2D eigenvalue weighted by Crippen LogP contribution is 2.14. The Kier molecular flexibility index (Phi) is 10.9. The summed E-state index contributed by atoms with van der Waals surface area (Å²) in [4.78, 5) is 22.2. The summed E-state index contributed by atoms with van der Waals surface area (Å²) in [6.45, 7) is 3.94. The van der Waals surface area contributed by atoms with Gasteiger partial charge in [0.05, 0.1) is 10.6 Å². The van der Waals surface area contributed by atoms with Crippen LogP contribution in [0.3, 0.4) is 0 Å². The van der Waals surface area contributed by atoms with E-state index in [9.17, 15) is 14.9 Å². The fourth-order valence-electron chi connectivity index (χ4n) is 2.71. The molecule has 1 N–H and O–H groups in total. The van der Waals surface area contributed by atoms with Gasteiger partial charge in [0.25, 0.3) is 5.69 Å². The number of non-ortho nitro benzene ring substituents is 1. The summed E-state index contributed by atoms with van der Waals surface area (Å²) < 4.78 is 0. The molecule has 144 valence electrons. The Balaban J connectivity index is 2.21. The summed E-state index contributed by atoms with van der Waals surface area (Å²) in [5, 5.41) is 14.8. The molecule has 0 aliphatic heterocycles. The van der Waals surface area contributed by atoms with E-state index in [1.54, 1.807) is 19.1 Å². The number of carbonyl (C=O) groups is 1. The van der Waals surface area contributed by atoms with Crippen molar-refractivity contribution in [2.24, 2.45) is 5.10 Å². The Labute approximate surface area is 156 Å². The summed E-state index contributed by atoms with van der Waals surface area (Å²) in [5.41, 5.74) is 3.72. The molecule has 0 aliphatic rings. The summed E-state index contributed by atoms with van der Waals surface area (Å²) in [6.07, 6.45) is 11.4. The van der Waals surface area contributed by atoms with Crippen LogP contribution >= 0.6 is 0 Å². The third-order valence-electron chi connectivity index (χ3n) is 4.33.